The van der Waals surface area contributed by atoms with Gasteiger partial charge in [-0.05, 0) is 36.2 Å². The molecule has 10 heteroatoms. The Bertz CT molecular complexity index is 1050. The first-order valence-electron chi connectivity index (χ1n) is 10.3. The minimum atomic E-state index is -1.06. The first kappa shape index (κ1) is 25.0. The van der Waals surface area contributed by atoms with Gasteiger partial charge in [-0.3, -0.25) is 9.59 Å². The van der Waals surface area contributed by atoms with Gasteiger partial charge >= 0.3 is 5.97 Å². The Hall–Kier alpha value is -2.68. The predicted molar refractivity (Wildman–Crippen MR) is 120 cm³/mol. The van der Waals surface area contributed by atoms with Crippen molar-refractivity contribution < 1.29 is 28.6 Å². The second-order valence-corrected chi connectivity index (χ2v) is 8.63. The zero-order chi connectivity index (χ0) is 24.1. The number of benzene rings is 2. The highest BCUT2D eigenvalue weighted by Crippen LogP contribution is 2.26. The number of nitrogens with one attached hydrogen (secondary N) is 1. The fourth-order valence-corrected chi connectivity index (χ4v) is 4.24. The van der Waals surface area contributed by atoms with Crippen molar-refractivity contribution in [2.45, 2.75) is 38.0 Å². The molecule has 7 nitrogen and oxygen atoms in total. The number of esters is 1. The van der Waals surface area contributed by atoms with Crippen LogP contribution in [0.1, 0.15) is 30.5 Å². The normalized spacial score (nSPS) is 18.6. The lowest BCUT2D eigenvalue weighted by molar-refractivity contribution is -0.156. The van der Waals surface area contributed by atoms with Crippen molar-refractivity contribution in [3.8, 4) is 0 Å². The van der Waals surface area contributed by atoms with Gasteiger partial charge in [-0.1, -0.05) is 47.5 Å². The monoisotopic (exact) mass is 496 g/mol. The standard InChI is InChI=1S/C23H23Cl2FN2O5/c1-13(17-7-6-15(24)9-18(17)25)27-21(30)12-33-23(32)20-10-16(29)11-28(20)22(31)8-14-4-2-3-5-19(14)26/h2-7,9,13,16,20,29H,8,10-12H2,1H3,(H,27,30). The lowest BCUT2D eigenvalue weighted by Gasteiger charge is -2.23. The van der Waals surface area contributed by atoms with Crippen LogP contribution in [0.5, 0.6) is 0 Å². The molecule has 0 radical (unpaired) electrons. The minimum absolute atomic E-state index is 0.0275. The topological polar surface area (TPSA) is 95.9 Å². The fourth-order valence-electron chi connectivity index (χ4n) is 3.67. The average Bonchev–Trinajstić information content (AvgIpc) is 3.15. The summed E-state index contributed by atoms with van der Waals surface area (Å²) in [7, 11) is 0. The number of nitrogens with zero attached hydrogens (tertiary/aromatic N) is 1. The third kappa shape index (κ3) is 6.43. The van der Waals surface area contributed by atoms with E-state index in [0.29, 0.717) is 15.6 Å². The van der Waals surface area contributed by atoms with Gasteiger partial charge in [-0.15, -0.1) is 0 Å². The van der Waals surface area contributed by atoms with Crippen LogP contribution in [0.2, 0.25) is 10.0 Å². The van der Waals surface area contributed by atoms with Gasteiger partial charge in [0.25, 0.3) is 5.91 Å². The molecule has 3 unspecified atom stereocenters. The molecule has 1 aliphatic heterocycles. The van der Waals surface area contributed by atoms with E-state index in [0.717, 1.165) is 4.90 Å². The van der Waals surface area contributed by atoms with Gasteiger partial charge in [0, 0.05) is 23.0 Å². The Labute approximate surface area is 200 Å². The molecule has 2 N–H and O–H groups in total. The molecule has 0 spiro atoms. The second kappa shape index (κ2) is 11.0. The fraction of sp³-hybridized carbons (Fsp3) is 0.348. The summed E-state index contributed by atoms with van der Waals surface area (Å²) in [6.07, 6.45) is -1.21. The van der Waals surface area contributed by atoms with E-state index in [1.165, 1.54) is 18.2 Å². The summed E-state index contributed by atoms with van der Waals surface area (Å²) in [6, 6.07) is 9.19. The van der Waals surface area contributed by atoms with E-state index in [1.54, 1.807) is 31.2 Å². The first-order chi connectivity index (χ1) is 15.7. The van der Waals surface area contributed by atoms with Crippen LogP contribution >= 0.6 is 23.2 Å². The van der Waals surface area contributed by atoms with Gasteiger partial charge in [0.15, 0.2) is 6.61 Å². The molecule has 176 valence electrons. The molecule has 0 aliphatic carbocycles. The lowest BCUT2D eigenvalue weighted by Crippen LogP contribution is -2.43. The first-order valence-corrected chi connectivity index (χ1v) is 11.0. The summed E-state index contributed by atoms with van der Waals surface area (Å²) in [5, 5.41) is 13.5. The minimum Gasteiger partial charge on any atom is -0.454 e. The number of rotatable bonds is 7. The van der Waals surface area contributed by atoms with Crippen molar-refractivity contribution >= 4 is 41.0 Å². The van der Waals surface area contributed by atoms with Crippen LogP contribution in [0.3, 0.4) is 0 Å². The number of likely N-dealkylation sites (tertiary alicyclic amines) is 1. The number of halogens is 3. The van der Waals surface area contributed by atoms with E-state index in [2.05, 4.69) is 5.32 Å². The van der Waals surface area contributed by atoms with E-state index in [1.807, 2.05) is 0 Å². The van der Waals surface area contributed by atoms with Crippen LogP contribution in [0.15, 0.2) is 42.5 Å². The quantitative estimate of drug-likeness (QED) is 0.574. The van der Waals surface area contributed by atoms with Crippen LogP contribution in [0.4, 0.5) is 4.39 Å². The Morgan fingerprint density at radius 3 is 2.67 bits per heavy atom. The lowest BCUT2D eigenvalue weighted by atomic mass is 10.1. The summed E-state index contributed by atoms with van der Waals surface area (Å²) >= 11 is 12.0. The van der Waals surface area contributed by atoms with Crippen LogP contribution in [-0.2, 0) is 25.5 Å². The SMILES string of the molecule is CC(NC(=O)COC(=O)C1CC(O)CN1C(=O)Cc1ccccc1F)c1ccc(Cl)cc1Cl. The van der Waals surface area contributed by atoms with Crippen LogP contribution in [-0.4, -0.2) is 53.1 Å². The molecule has 3 rings (SSSR count). The van der Waals surface area contributed by atoms with Crippen molar-refractivity contribution in [2.75, 3.05) is 13.2 Å². The van der Waals surface area contributed by atoms with E-state index >= 15 is 0 Å². The van der Waals surface area contributed by atoms with Gasteiger partial charge < -0.3 is 20.1 Å². The molecular formula is C23H23Cl2FN2O5. The molecule has 1 fully saturated rings. The maximum Gasteiger partial charge on any atom is 0.329 e. The molecule has 2 aromatic carbocycles. The number of β-amino-alcohol motifs (C(OH)–C–C–N with tert-alkyl or cyclic N) is 1. The number of hydrogen-bond donors (Lipinski definition) is 2. The summed E-state index contributed by atoms with van der Waals surface area (Å²) in [6.45, 7) is 1.06. The molecular weight excluding hydrogens is 474 g/mol. The van der Waals surface area contributed by atoms with Gasteiger partial charge in [-0.25, -0.2) is 9.18 Å². The highest BCUT2D eigenvalue weighted by molar-refractivity contribution is 6.35. The number of amides is 2. The van der Waals surface area contributed by atoms with Crippen LogP contribution in [0, 0.1) is 5.82 Å². The number of carbonyl (C=O) groups is 3. The average molecular weight is 497 g/mol. The molecule has 0 saturated carbocycles. The van der Waals surface area contributed by atoms with Gasteiger partial charge in [0.1, 0.15) is 11.9 Å². The largest absolute Gasteiger partial charge is 0.454 e. The zero-order valence-corrected chi connectivity index (χ0v) is 19.3. The zero-order valence-electron chi connectivity index (χ0n) is 17.8. The van der Waals surface area contributed by atoms with Gasteiger partial charge in [-0.2, -0.15) is 0 Å². The Kier molecular flexibility index (Phi) is 8.29. The van der Waals surface area contributed by atoms with Gasteiger partial charge in [0.05, 0.1) is 18.6 Å². The number of aliphatic hydroxyl groups is 1. The summed E-state index contributed by atoms with van der Waals surface area (Å²) in [5.74, 6) is -2.43. The van der Waals surface area contributed by atoms with Gasteiger partial charge in [0.2, 0.25) is 5.91 Å². The predicted octanol–water partition coefficient (Wildman–Crippen LogP) is 3.06. The molecule has 2 aromatic rings. The van der Waals surface area contributed by atoms with Crippen molar-refractivity contribution in [1.29, 1.82) is 0 Å². The van der Waals surface area contributed by atoms with E-state index in [9.17, 15) is 23.9 Å². The number of carbonyl (C=O) groups excluding carboxylic acids is 3. The van der Waals surface area contributed by atoms with Crippen molar-refractivity contribution in [3.63, 3.8) is 0 Å². The molecule has 1 heterocycles. The highest BCUT2D eigenvalue weighted by atomic mass is 35.5. The van der Waals surface area contributed by atoms with Crippen molar-refractivity contribution in [1.82, 2.24) is 10.2 Å². The maximum atomic E-state index is 13.9. The number of aliphatic hydroxyl groups excluding tert-OH is 1. The van der Waals surface area contributed by atoms with Crippen LogP contribution < -0.4 is 5.32 Å². The molecule has 0 aromatic heterocycles. The Morgan fingerprint density at radius 2 is 1.97 bits per heavy atom. The highest BCUT2D eigenvalue weighted by Gasteiger charge is 2.40. The maximum absolute atomic E-state index is 13.9. The number of hydrogen-bond acceptors (Lipinski definition) is 5. The molecule has 33 heavy (non-hydrogen) atoms. The summed E-state index contributed by atoms with van der Waals surface area (Å²) in [5.41, 5.74) is 0.829. The van der Waals surface area contributed by atoms with Crippen molar-refractivity contribution in [2.24, 2.45) is 0 Å². The number of ether oxygens (including phenoxy) is 1. The third-order valence-electron chi connectivity index (χ3n) is 5.32. The Balaban J connectivity index is 1.56. The van der Waals surface area contributed by atoms with Crippen molar-refractivity contribution in [3.05, 3.63) is 69.5 Å². The summed E-state index contributed by atoms with van der Waals surface area (Å²) in [4.78, 5) is 38.6. The molecule has 3 atom stereocenters. The Morgan fingerprint density at radius 1 is 1.24 bits per heavy atom. The third-order valence-corrected chi connectivity index (χ3v) is 5.89. The summed E-state index contributed by atoms with van der Waals surface area (Å²) < 4.78 is 19.0. The second-order valence-electron chi connectivity index (χ2n) is 7.78. The molecule has 1 aliphatic rings. The smallest absolute Gasteiger partial charge is 0.329 e. The molecule has 2 amide bonds. The van der Waals surface area contributed by atoms with E-state index in [4.69, 9.17) is 27.9 Å². The van der Waals surface area contributed by atoms with E-state index < -0.39 is 48.4 Å². The molecule has 0 bridgehead atoms. The molecule has 1 saturated heterocycles. The van der Waals surface area contributed by atoms with E-state index in [-0.39, 0.29) is 24.9 Å². The van der Waals surface area contributed by atoms with Crippen LogP contribution in [0.25, 0.3) is 0 Å².